The zero-order chi connectivity index (χ0) is 32.2. The zero-order valence-corrected chi connectivity index (χ0v) is 27.2. The summed E-state index contributed by atoms with van der Waals surface area (Å²) in [5, 5.41) is 0. The average Bonchev–Trinajstić information content (AvgIpc) is 3.04. The standard InChI is InChI=1S/C19H26F2O.C18H22F2O3.4CH4.2H2/c1-12-3-5-14(6-4-12)7-9-16-10-8-15-11-13(2)17(20)18(21)19(15)22-16;1-10-3-6-13(7-4-10)22-18(21)14-8-5-12-9-11(2)15(19)16(20)17(12)23-14;;;;;;/h11-12,14,16H,3-10H2,1-2H3;9-10,13-14H,3-8H2,1-2H3;4*1H4;2*1H. The van der Waals surface area contributed by atoms with Gasteiger partial charge in [-0.05, 0) is 130 Å². The van der Waals surface area contributed by atoms with Crippen LogP contribution in [0, 0.1) is 54.9 Å². The molecule has 0 spiro atoms. The van der Waals surface area contributed by atoms with Gasteiger partial charge in [-0.3, -0.25) is 0 Å². The second kappa shape index (κ2) is 19.6. The van der Waals surface area contributed by atoms with Crippen molar-refractivity contribution in [2.75, 3.05) is 0 Å². The molecule has 2 aliphatic heterocycles. The van der Waals surface area contributed by atoms with Crippen LogP contribution in [0.3, 0.4) is 0 Å². The summed E-state index contributed by atoms with van der Waals surface area (Å²) < 4.78 is 72.2. The number of carbonyl (C=O) groups excluding carboxylic acids is 1. The Labute approximate surface area is 297 Å². The first-order valence-corrected chi connectivity index (χ1v) is 17.0. The molecule has 284 valence electrons. The molecule has 0 bridgehead atoms. The van der Waals surface area contributed by atoms with Gasteiger partial charge in [0.05, 0.1) is 6.10 Å². The van der Waals surface area contributed by atoms with Gasteiger partial charge >= 0.3 is 5.97 Å². The van der Waals surface area contributed by atoms with Crippen LogP contribution in [-0.2, 0) is 22.4 Å². The SMILES string of the molecule is C.C.C.C.Cc1cc2c(c(F)c1F)OC(C(=O)OC1CCC(C)CC1)CC2.Cc1cc2c(c(F)c1F)OC(CCC1CCC(C)CC1)CC2.[HH].[HH]. The topological polar surface area (TPSA) is 44.8 Å². The highest BCUT2D eigenvalue weighted by Crippen LogP contribution is 2.37. The number of hydrogen-bond donors (Lipinski definition) is 0. The molecule has 2 saturated carbocycles. The Morgan fingerprint density at radius 3 is 1.67 bits per heavy atom. The molecule has 0 saturated heterocycles. The smallest absolute Gasteiger partial charge is 0.347 e. The lowest BCUT2D eigenvalue weighted by atomic mass is 9.80. The molecule has 4 aliphatic rings. The summed E-state index contributed by atoms with van der Waals surface area (Å²) in [7, 11) is 0. The third-order valence-corrected chi connectivity index (χ3v) is 10.3. The molecule has 2 heterocycles. The van der Waals surface area contributed by atoms with E-state index in [1.165, 1.54) is 32.6 Å². The van der Waals surface area contributed by atoms with Crippen molar-refractivity contribution in [1.29, 1.82) is 0 Å². The van der Waals surface area contributed by atoms with Crippen LogP contribution in [0.1, 0.15) is 146 Å². The number of rotatable bonds is 5. The van der Waals surface area contributed by atoms with E-state index in [0.717, 1.165) is 68.8 Å². The molecular weight excluding hydrogens is 632 g/mol. The monoisotopic (exact) mass is 701 g/mol. The Bertz CT molecular complexity index is 1360. The first kappa shape index (κ1) is 44.3. The van der Waals surface area contributed by atoms with E-state index in [2.05, 4.69) is 13.8 Å². The van der Waals surface area contributed by atoms with Crippen molar-refractivity contribution >= 4 is 5.97 Å². The van der Waals surface area contributed by atoms with Gasteiger partial charge in [0.15, 0.2) is 29.2 Å². The fourth-order valence-corrected chi connectivity index (χ4v) is 7.26. The van der Waals surface area contributed by atoms with Crippen LogP contribution in [0.4, 0.5) is 17.6 Å². The number of halogens is 4. The normalized spacial score (nSPS) is 25.3. The quantitative estimate of drug-likeness (QED) is 0.230. The van der Waals surface area contributed by atoms with Crippen LogP contribution in [-0.4, -0.2) is 24.3 Å². The van der Waals surface area contributed by atoms with Crippen LogP contribution in [0.5, 0.6) is 11.5 Å². The van der Waals surface area contributed by atoms with Gasteiger partial charge in [-0.2, -0.15) is 8.78 Å². The lowest BCUT2D eigenvalue weighted by Crippen LogP contribution is -2.36. The first-order chi connectivity index (χ1) is 21.5. The van der Waals surface area contributed by atoms with Crippen LogP contribution in [0.2, 0.25) is 0 Å². The molecule has 0 amide bonds. The maximum Gasteiger partial charge on any atom is 0.347 e. The summed E-state index contributed by atoms with van der Waals surface area (Å²) in [6, 6.07) is 3.31. The lowest BCUT2D eigenvalue weighted by molar-refractivity contribution is -0.160. The molecule has 0 aromatic heterocycles. The van der Waals surface area contributed by atoms with Gasteiger partial charge in [0.1, 0.15) is 6.10 Å². The number of ether oxygens (including phenoxy) is 3. The number of benzene rings is 2. The summed E-state index contributed by atoms with van der Waals surface area (Å²) in [5.74, 6) is -1.60. The van der Waals surface area contributed by atoms with Crippen molar-refractivity contribution in [3.63, 3.8) is 0 Å². The first-order valence-electron chi connectivity index (χ1n) is 17.0. The summed E-state index contributed by atoms with van der Waals surface area (Å²) >= 11 is 0. The van der Waals surface area contributed by atoms with Gasteiger partial charge in [0.2, 0.25) is 11.6 Å². The van der Waals surface area contributed by atoms with Gasteiger partial charge in [0, 0.05) is 2.85 Å². The summed E-state index contributed by atoms with van der Waals surface area (Å²) in [5.41, 5.74) is 2.05. The Hall–Kier alpha value is -2.77. The van der Waals surface area contributed by atoms with E-state index in [4.69, 9.17) is 14.2 Å². The van der Waals surface area contributed by atoms with Crippen LogP contribution >= 0.6 is 0 Å². The second-order valence-electron chi connectivity index (χ2n) is 14.1. The molecule has 2 aromatic carbocycles. The molecule has 8 heteroatoms. The van der Waals surface area contributed by atoms with Gasteiger partial charge in [-0.25, -0.2) is 13.6 Å². The van der Waals surface area contributed by atoms with Crippen molar-refractivity contribution in [2.24, 2.45) is 17.8 Å². The highest BCUT2D eigenvalue weighted by atomic mass is 19.2. The van der Waals surface area contributed by atoms with E-state index in [-0.39, 0.29) is 61.8 Å². The molecule has 2 unspecified atom stereocenters. The third-order valence-electron chi connectivity index (χ3n) is 10.3. The maximum atomic E-state index is 14.1. The minimum Gasteiger partial charge on any atom is -0.487 e. The third kappa shape index (κ3) is 10.9. The van der Waals surface area contributed by atoms with E-state index >= 15 is 0 Å². The van der Waals surface area contributed by atoms with E-state index in [9.17, 15) is 22.4 Å². The van der Waals surface area contributed by atoms with Crippen LogP contribution in [0.15, 0.2) is 12.1 Å². The van der Waals surface area contributed by atoms with Gasteiger partial charge in [-0.1, -0.05) is 69.2 Å². The molecule has 2 aliphatic carbocycles. The van der Waals surface area contributed by atoms with E-state index in [1.54, 1.807) is 19.1 Å². The molecule has 0 radical (unpaired) electrons. The summed E-state index contributed by atoms with van der Waals surface area (Å²) in [4.78, 5) is 12.3. The Morgan fingerprint density at radius 2 is 1.14 bits per heavy atom. The highest BCUT2D eigenvalue weighted by Gasteiger charge is 2.33. The zero-order valence-electron chi connectivity index (χ0n) is 27.2. The van der Waals surface area contributed by atoms with E-state index in [0.29, 0.717) is 29.9 Å². The summed E-state index contributed by atoms with van der Waals surface area (Å²) in [6.07, 6.45) is 13.0. The molecule has 6 rings (SSSR count). The average molecular weight is 701 g/mol. The Kier molecular flexibility index (Phi) is 17.7. The number of fused-ring (bicyclic) bond motifs is 2. The molecule has 4 nitrogen and oxygen atoms in total. The largest absolute Gasteiger partial charge is 0.487 e. The molecule has 49 heavy (non-hydrogen) atoms. The van der Waals surface area contributed by atoms with Gasteiger partial charge in [-0.15, -0.1) is 0 Å². The van der Waals surface area contributed by atoms with Crippen molar-refractivity contribution in [3.05, 3.63) is 57.7 Å². The number of aryl methyl sites for hydroxylation is 4. The number of esters is 1. The van der Waals surface area contributed by atoms with Gasteiger partial charge in [0.25, 0.3) is 0 Å². The second-order valence-corrected chi connectivity index (χ2v) is 14.1. The lowest BCUT2D eigenvalue weighted by Gasteiger charge is -2.30. The van der Waals surface area contributed by atoms with Crippen molar-refractivity contribution in [2.45, 2.75) is 166 Å². The highest BCUT2D eigenvalue weighted by molar-refractivity contribution is 5.76. The fraction of sp³-hybridized carbons (Fsp3) is 0.683. The summed E-state index contributed by atoms with van der Waals surface area (Å²) in [6.45, 7) is 7.65. The minimum atomic E-state index is -1.01. The molecular formula is C41H68F4O4. The molecule has 2 fully saturated rings. The number of hydrogen-bond acceptors (Lipinski definition) is 4. The molecule has 2 atom stereocenters. The predicted octanol–water partition coefficient (Wildman–Crippen LogP) is 12.7. The van der Waals surface area contributed by atoms with Crippen molar-refractivity contribution < 1.29 is 39.4 Å². The van der Waals surface area contributed by atoms with Crippen molar-refractivity contribution in [3.8, 4) is 11.5 Å². The molecule has 2 aromatic rings. The maximum absolute atomic E-state index is 14.1. The van der Waals surface area contributed by atoms with E-state index in [1.807, 2.05) is 0 Å². The van der Waals surface area contributed by atoms with Crippen LogP contribution < -0.4 is 9.47 Å². The van der Waals surface area contributed by atoms with Crippen LogP contribution in [0.25, 0.3) is 0 Å². The predicted molar refractivity (Wildman–Crippen MR) is 197 cm³/mol. The Morgan fingerprint density at radius 1 is 0.673 bits per heavy atom. The Balaban J connectivity index is 0. The minimum absolute atomic E-state index is 0. The van der Waals surface area contributed by atoms with E-state index < -0.39 is 35.3 Å². The molecule has 0 N–H and O–H groups in total. The number of carbonyl (C=O) groups is 1. The fourth-order valence-electron chi connectivity index (χ4n) is 7.26. The van der Waals surface area contributed by atoms with Gasteiger partial charge < -0.3 is 14.2 Å². The van der Waals surface area contributed by atoms with Crippen molar-refractivity contribution in [1.82, 2.24) is 0 Å².